The topological polar surface area (TPSA) is 50.1 Å². The van der Waals surface area contributed by atoms with Crippen LogP contribution in [0.1, 0.15) is 21.5 Å². The number of halogens is 1. The van der Waals surface area contributed by atoms with Crippen molar-refractivity contribution in [2.24, 2.45) is 0 Å². The fraction of sp³-hybridized carbons (Fsp3) is 0.0588. The Labute approximate surface area is 127 Å². The zero-order valence-electron chi connectivity index (χ0n) is 11.2. The van der Waals surface area contributed by atoms with Crippen LogP contribution in [0.2, 0.25) is 5.02 Å². The number of hydrogen-bond donors (Lipinski definition) is 0. The standard InChI is InChI=1S/C17H10ClNO2/c1-10-13(18)7-8-14-15(10)16(20)17(21-14)12(9-19)11-5-3-2-4-6-11/h2-8H,1H3/b17-12-. The molecule has 1 aliphatic heterocycles. The Bertz CT molecular complexity index is 817. The van der Waals surface area contributed by atoms with Crippen LogP contribution in [-0.4, -0.2) is 5.78 Å². The molecule has 0 radical (unpaired) electrons. The van der Waals surface area contributed by atoms with E-state index in [4.69, 9.17) is 16.3 Å². The summed E-state index contributed by atoms with van der Waals surface area (Å²) in [4.78, 5) is 12.6. The molecule has 0 aromatic heterocycles. The van der Waals surface area contributed by atoms with Crippen LogP contribution < -0.4 is 4.74 Å². The van der Waals surface area contributed by atoms with Gasteiger partial charge in [0.15, 0.2) is 5.76 Å². The number of ether oxygens (including phenoxy) is 1. The van der Waals surface area contributed by atoms with Crippen LogP contribution in [-0.2, 0) is 0 Å². The SMILES string of the molecule is Cc1c(Cl)ccc2c1C(=O)/C(=C(\C#N)c1ccccc1)O2. The highest BCUT2D eigenvalue weighted by atomic mass is 35.5. The number of rotatable bonds is 1. The normalized spacial score (nSPS) is 15.2. The number of hydrogen-bond acceptors (Lipinski definition) is 3. The van der Waals surface area contributed by atoms with E-state index in [1.807, 2.05) is 18.2 Å². The van der Waals surface area contributed by atoms with Gasteiger partial charge in [-0.15, -0.1) is 0 Å². The lowest BCUT2D eigenvalue weighted by Gasteiger charge is -2.02. The Kier molecular flexibility index (Phi) is 3.25. The van der Waals surface area contributed by atoms with E-state index in [0.717, 1.165) is 0 Å². The Hall–Kier alpha value is -2.57. The van der Waals surface area contributed by atoms with Crippen molar-refractivity contribution in [3.63, 3.8) is 0 Å². The van der Waals surface area contributed by atoms with Crippen molar-refractivity contribution in [1.82, 2.24) is 0 Å². The minimum Gasteiger partial charge on any atom is -0.451 e. The van der Waals surface area contributed by atoms with Gasteiger partial charge in [-0.25, -0.2) is 0 Å². The smallest absolute Gasteiger partial charge is 0.233 e. The summed E-state index contributed by atoms with van der Waals surface area (Å²) in [5.41, 5.74) is 1.98. The average Bonchev–Trinajstić information content (AvgIpc) is 2.83. The maximum atomic E-state index is 12.6. The lowest BCUT2D eigenvalue weighted by Crippen LogP contribution is -2.03. The maximum Gasteiger partial charge on any atom is 0.233 e. The molecule has 2 aromatic rings. The first-order chi connectivity index (χ1) is 10.1. The van der Waals surface area contributed by atoms with E-state index >= 15 is 0 Å². The third-order valence-electron chi connectivity index (χ3n) is 3.41. The molecule has 0 fully saturated rings. The molecule has 0 N–H and O–H groups in total. The summed E-state index contributed by atoms with van der Waals surface area (Å²) in [5, 5.41) is 9.90. The molecule has 0 saturated carbocycles. The maximum absolute atomic E-state index is 12.6. The first kappa shape index (κ1) is 13.4. The van der Waals surface area contributed by atoms with Crippen molar-refractivity contribution >= 4 is 23.0 Å². The molecule has 21 heavy (non-hydrogen) atoms. The van der Waals surface area contributed by atoms with Gasteiger partial charge in [0.25, 0.3) is 0 Å². The third kappa shape index (κ3) is 2.10. The van der Waals surface area contributed by atoms with Gasteiger partial charge in [-0.3, -0.25) is 4.79 Å². The van der Waals surface area contributed by atoms with Gasteiger partial charge in [-0.2, -0.15) is 5.26 Å². The van der Waals surface area contributed by atoms with E-state index in [2.05, 4.69) is 6.07 Å². The van der Waals surface area contributed by atoms with Crippen molar-refractivity contribution in [3.8, 4) is 11.8 Å². The second-order valence-corrected chi connectivity index (χ2v) is 5.07. The van der Waals surface area contributed by atoms with Gasteiger partial charge in [-0.1, -0.05) is 41.9 Å². The molecule has 2 aromatic carbocycles. The van der Waals surface area contributed by atoms with Gasteiger partial charge in [0.2, 0.25) is 5.78 Å². The van der Waals surface area contributed by atoms with Crippen LogP contribution in [0.5, 0.6) is 5.75 Å². The highest BCUT2D eigenvalue weighted by molar-refractivity contribution is 6.32. The number of Topliss-reactive ketones (excluding diaryl/α,β-unsaturated/α-hetero) is 1. The molecular formula is C17H10ClNO2. The highest BCUT2D eigenvalue weighted by Gasteiger charge is 2.33. The van der Waals surface area contributed by atoms with E-state index in [1.54, 1.807) is 31.2 Å². The Balaban J connectivity index is 2.19. The molecule has 0 atom stereocenters. The molecule has 0 amide bonds. The summed E-state index contributed by atoms with van der Waals surface area (Å²) in [7, 11) is 0. The molecule has 4 heteroatoms. The second kappa shape index (κ2) is 5.08. The fourth-order valence-corrected chi connectivity index (χ4v) is 2.47. The number of nitrogens with zero attached hydrogens (tertiary/aromatic N) is 1. The molecular weight excluding hydrogens is 286 g/mol. The van der Waals surface area contributed by atoms with Gasteiger partial charge in [0.05, 0.1) is 5.56 Å². The molecule has 1 heterocycles. The van der Waals surface area contributed by atoms with E-state index < -0.39 is 0 Å². The third-order valence-corrected chi connectivity index (χ3v) is 3.82. The van der Waals surface area contributed by atoms with Crippen molar-refractivity contribution in [2.45, 2.75) is 6.92 Å². The molecule has 0 bridgehead atoms. The molecule has 3 nitrogen and oxygen atoms in total. The van der Waals surface area contributed by atoms with E-state index in [9.17, 15) is 10.1 Å². The number of ketones is 1. The van der Waals surface area contributed by atoms with Crippen LogP contribution in [0.4, 0.5) is 0 Å². The zero-order valence-corrected chi connectivity index (χ0v) is 11.9. The van der Waals surface area contributed by atoms with E-state index in [-0.39, 0.29) is 17.1 Å². The fourth-order valence-electron chi connectivity index (χ4n) is 2.31. The van der Waals surface area contributed by atoms with Crippen molar-refractivity contribution < 1.29 is 9.53 Å². The summed E-state index contributed by atoms with van der Waals surface area (Å²) in [5.74, 6) is 0.204. The van der Waals surface area contributed by atoms with Gasteiger partial charge >= 0.3 is 0 Å². The summed E-state index contributed by atoms with van der Waals surface area (Å²) in [6.07, 6.45) is 0. The minimum atomic E-state index is -0.301. The predicted octanol–water partition coefficient (Wildman–Crippen LogP) is 4.16. The quantitative estimate of drug-likeness (QED) is 0.586. The number of nitriles is 1. The monoisotopic (exact) mass is 295 g/mol. The second-order valence-electron chi connectivity index (χ2n) is 4.66. The summed E-state index contributed by atoms with van der Waals surface area (Å²) in [6.45, 7) is 1.76. The van der Waals surface area contributed by atoms with E-state index in [1.165, 1.54) is 0 Å². The first-order valence-electron chi connectivity index (χ1n) is 6.35. The number of carbonyl (C=O) groups excluding carboxylic acids is 1. The molecule has 0 unspecified atom stereocenters. The summed E-state index contributed by atoms with van der Waals surface area (Å²) >= 11 is 6.05. The largest absolute Gasteiger partial charge is 0.451 e. The number of allylic oxidation sites excluding steroid dienone is 2. The van der Waals surface area contributed by atoms with Crippen molar-refractivity contribution in [3.05, 3.63) is 69.9 Å². The zero-order chi connectivity index (χ0) is 15.0. The van der Waals surface area contributed by atoms with E-state index in [0.29, 0.717) is 27.5 Å². The van der Waals surface area contributed by atoms with Gasteiger partial charge < -0.3 is 4.74 Å². The van der Waals surface area contributed by atoms with Crippen LogP contribution in [0, 0.1) is 18.3 Å². The summed E-state index contributed by atoms with van der Waals surface area (Å²) < 4.78 is 5.61. The average molecular weight is 296 g/mol. The molecule has 0 aliphatic carbocycles. The lowest BCUT2D eigenvalue weighted by molar-refractivity contribution is 0.101. The molecule has 3 rings (SSSR count). The number of benzene rings is 2. The number of fused-ring (bicyclic) bond motifs is 1. The van der Waals surface area contributed by atoms with Crippen molar-refractivity contribution in [1.29, 1.82) is 5.26 Å². The Morgan fingerprint density at radius 1 is 1.19 bits per heavy atom. The van der Waals surface area contributed by atoms with Gasteiger partial charge in [0, 0.05) is 5.02 Å². The van der Waals surface area contributed by atoms with Crippen LogP contribution in [0.25, 0.3) is 5.57 Å². The minimum absolute atomic E-state index is 0.0593. The Morgan fingerprint density at radius 3 is 2.57 bits per heavy atom. The molecule has 1 aliphatic rings. The molecule has 0 spiro atoms. The van der Waals surface area contributed by atoms with Gasteiger partial charge in [0.1, 0.15) is 17.4 Å². The Morgan fingerprint density at radius 2 is 1.90 bits per heavy atom. The molecule has 0 saturated heterocycles. The summed E-state index contributed by atoms with van der Waals surface area (Å²) in [6, 6.07) is 14.4. The van der Waals surface area contributed by atoms with Crippen LogP contribution in [0.3, 0.4) is 0 Å². The van der Waals surface area contributed by atoms with Crippen molar-refractivity contribution in [2.75, 3.05) is 0 Å². The van der Waals surface area contributed by atoms with Gasteiger partial charge in [-0.05, 0) is 30.2 Å². The molecule has 102 valence electrons. The highest BCUT2D eigenvalue weighted by Crippen LogP contribution is 2.38. The lowest BCUT2D eigenvalue weighted by atomic mass is 10.00. The number of carbonyl (C=O) groups is 1. The van der Waals surface area contributed by atoms with Crippen LogP contribution >= 0.6 is 11.6 Å². The predicted molar refractivity (Wildman–Crippen MR) is 80.1 cm³/mol. The first-order valence-corrected chi connectivity index (χ1v) is 6.72. The van der Waals surface area contributed by atoms with Crippen LogP contribution in [0.15, 0.2) is 48.2 Å².